The van der Waals surface area contributed by atoms with Gasteiger partial charge in [-0.15, -0.1) is 15.3 Å². The summed E-state index contributed by atoms with van der Waals surface area (Å²) in [5.41, 5.74) is -0.587. The third-order valence-electron chi connectivity index (χ3n) is 10.00. The molecule has 1 N–H and O–H groups in total. The molecule has 15 nitrogen and oxygen atoms in total. The molecule has 1 aliphatic heterocycles. The molecule has 1 fully saturated rings. The van der Waals surface area contributed by atoms with E-state index in [4.69, 9.17) is 9.47 Å². The third-order valence-corrected chi connectivity index (χ3v) is 10.00. The second-order valence-electron chi connectivity index (χ2n) is 14.6. The van der Waals surface area contributed by atoms with Crippen LogP contribution in [0.5, 0.6) is 0 Å². The predicted molar refractivity (Wildman–Crippen MR) is 203 cm³/mol. The van der Waals surface area contributed by atoms with Crippen LogP contribution in [0.1, 0.15) is 67.1 Å². The van der Waals surface area contributed by atoms with Crippen molar-refractivity contribution in [1.29, 1.82) is 0 Å². The van der Waals surface area contributed by atoms with Crippen LogP contribution in [0.15, 0.2) is 107 Å². The zero-order chi connectivity index (χ0) is 39.7. The smallest absolute Gasteiger partial charge is 0.410 e. The van der Waals surface area contributed by atoms with Gasteiger partial charge in [0, 0.05) is 18.0 Å². The Kier molecular flexibility index (Phi) is 12.0. The number of aromatic nitrogens is 6. The summed E-state index contributed by atoms with van der Waals surface area (Å²) in [7, 11) is 0. The Morgan fingerprint density at radius 3 is 2.28 bits per heavy atom. The van der Waals surface area contributed by atoms with E-state index in [1.54, 1.807) is 60.4 Å². The molecule has 0 spiro atoms. The second kappa shape index (κ2) is 17.6. The van der Waals surface area contributed by atoms with Crippen molar-refractivity contribution in [3.63, 3.8) is 0 Å². The van der Waals surface area contributed by atoms with Crippen molar-refractivity contribution in [2.45, 2.75) is 82.3 Å². The Hall–Kier alpha value is -6.39. The minimum atomic E-state index is -1.58. The van der Waals surface area contributed by atoms with Crippen molar-refractivity contribution in [2.24, 2.45) is 15.4 Å². The molecule has 1 aliphatic carbocycles. The number of halogens is 2. The Bertz CT molecular complexity index is 2190. The van der Waals surface area contributed by atoms with Gasteiger partial charge in [-0.25, -0.2) is 27.7 Å². The Morgan fingerprint density at radius 2 is 1.56 bits per heavy atom. The van der Waals surface area contributed by atoms with E-state index in [-0.39, 0.29) is 50.2 Å². The number of benzene rings is 3. The first kappa shape index (κ1) is 38.9. The number of ether oxygens (including phenoxy) is 2. The highest BCUT2D eigenvalue weighted by molar-refractivity contribution is 5.75. The molecule has 2 unspecified atom stereocenters. The van der Waals surface area contributed by atoms with Gasteiger partial charge in [-0.2, -0.15) is 5.11 Å². The molecule has 0 saturated heterocycles. The van der Waals surface area contributed by atoms with Crippen LogP contribution in [-0.2, 0) is 41.2 Å². The maximum atomic E-state index is 15.0. The van der Waals surface area contributed by atoms with Crippen molar-refractivity contribution in [3.8, 4) is 0 Å². The first-order valence-corrected chi connectivity index (χ1v) is 18.8. The van der Waals surface area contributed by atoms with Crippen LogP contribution < -0.4 is 5.32 Å². The van der Waals surface area contributed by atoms with Gasteiger partial charge in [0.25, 0.3) is 0 Å². The summed E-state index contributed by atoms with van der Waals surface area (Å²) in [6, 6.07) is 22.2. The van der Waals surface area contributed by atoms with E-state index in [9.17, 15) is 14.0 Å². The van der Waals surface area contributed by atoms with Gasteiger partial charge in [0.15, 0.2) is 5.60 Å². The van der Waals surface area contributed by atoms with Crippen LogP contribution in [0.25, 0.3) is 0 Å². The van der Waals surface area contributed by atoms with Gasteiger partial charge in [-0.3, -0.25) is 0 Å². The van der Waals surface area contributed by atoms with Gasteiger partial charge in [0.05, 0.1) is 44.8 Å². The molecular weight excluding hydrogens is 737 g/mol. The van der Waals surface area contributed by atoms with Gasteiger partial charge < -0.3 is 19.7 Å². The van der Waals surface area contributed by atoms with E-state index in [2.05, 4.69) is 41.4 Å². The zero-order valence-corrected chi connectivity index (χ0v) is 31.5. The molecule has 57 heavy (non-hydrogen) atoms. The quantitative estimate of drug-likeness (QED) is 0.124. The number of amides is 2. The molecule has 0 radical (unpaired) electrons. The number of hydrogen-bond acceptors (Lipinski definition) is 11. The van der Waals surface area contributed by atoms with Crippen molar-refractivity contribution in [2.75, 3.05) is 13.1 Å². The summed E-state index contributed by atoms with van der Waals surface area (Å²) in [5, 5.41) is 32.1. The van der Waals surface area contributed by atoms with Crippen molar-refractivity contribution < 1.29 is 27.8 Å². The molecule has 5 aromatic rings. The highest BCUT2D eigenvalue weighted by Gasteiger charge is 2.43. The summed E-state index contributed by atoms with van der Waals surface area (Å²) in [5.74, 6) is -0.839. The third kappa shape index (κ3) is 10.1. The SMILES string of the molecule is CC(CN(CC1(Cc2ccccc2F)C=NN=N1)C(=O)OCc1cn(Cc2ccccc2F)nn1)(OC(=O)NC1CCCCC1)c1cn(Cc2ccccc2)nn1. The van der Waals surface area contributed by atoms with E-state index in [0.29, 0.717) is 23.4 Å². The lowest BCUT2D eigenvalue weighted by molar-refractivity contribution is -0.0149. The molecule has 7 rings (SSSR count). The average Bonchev–Trinajstić information content (AvgIpc) is 3.99. The average molecular weight is 780 g/mol. The van der Waals surface area contributed by atoms with E-state index >= 15 is 4.39 Å². The fraction of sp³-hybridized carbons (Fsp3) is 0.375. The molecule has 3 heterocycles. The Balaban J connectivity index is 1.17. The summed E-state index contributed by atoms with van der Waals surface area (Å²) in [6.07, 6.45) is 7.91. The van der Waals surface area contributed by atoms with Crippen LogP contribution in [-0.4, -0.2) is 78.0 Å². The number of alkyl carbamates (subject to hydrolysis) is 1. The fourth-order valence-corrected chi connectivity index (χ4v) is 7.05. The molecular formula is C40H43F2N11O4. The van der Waals surface area contributed by atoms with E-state index in [0.717, 1.165) is 37.7 Å². The van der Waals surface area contributed by atoms with Gasteiger partial charge >= 0.3 is 12.2 Å². The van der Waals surface area contributed by atoms with Crippen molar-refractivity contribution >= 4 is 18.4 Å². The lowest BCUT2D eigenvalue weighted by Crippen LogP contribution is -2.53. The summed E-state index contributed by atoms with van der Waals surface area (Å²) in [4.78, 5) is 29.2. The van der Waals surface area contributed by atoms with Crippen LogP contribution in [0, 0.1) is 11.6 Å². The number of hydrogen-bond donors (Lipinski definition) is 1. The molecule has 2 atom stereocenters. The van der Waals surface area contributed by atoms with E-state index in [1.165, 1.54) is 27.9 Å². The minimum absolute atomic E-state index is 0.00776. The standard InChI is InChI=1S/C40H43F2N11O4/c1-39(57-37(54)44-32-16-6-3-7-17-32,36-24-52(50-46-36)21-29-12-4-2-5-13-29)27-51(28-40(26-43-48-47-40)20-30-14-8-10-18-34(30)41)38(55)56-25-33-23-53(49-45-33)22-31-15-9-11-19-35(31)42/h2,4-5,8-15,18-19,23-24,26,32H,3,6-7,16-17,20-22,25,27-28H2,1H3,(H,44,54). The number of rotatable bonds is 15. The maximum Gasteiger partial charge on any atom is 0.410 e. The monoisotopic (exact) mass is 779 g/mol. The number of carbonyl (C=O) groups excluding carboxylic acids is 2. The lowest BCUT2D eigenvalue weighted by Gasteiger charge is -2.36. The zero-order valence-electron chi connectivity index (χ0n) is 31.5. The minimum Gasteiger partial charge on any atom is -0.443 e. The summed E-state index contributed by atoms with van der Waals surface area (Å²) < 4.78 is 44.4. The van der Waals surface area contributed by atoms with Gasteiger partial charge in [0.1, 0.15) is 35.2 Å². The highest BCUT2D eigenvalue weighted by Crippen LogP contribution is 2.30. The molecule has 17 heteroatoms. The molecule has 2 amide bonds. The second-order valence-corrected chi connectivity index (χ2v) is 14.6. The largest absolute Gasteiger partial charge is 0.443 e. The van der Waals surface area contributed by atoms with Crippen LogP contribution >= 0.6 is 0 Å². The first-order chi connectivity index (χ1) is 27.7. The van der Waals surface area contributed by atoms with Gasteiger partial charge in [-0.05, 0) is 48.2 Å². The number of nitrogens with zero attached hydrogens (tertiary/aromatic N) is 10. The van der Waals surface area contributed by atoms with Crippen molar-refractivity contribution in [3.05, 3.63) is 131 Å². The topological polar surface area (TPSA) is 166 Å². The molecule has 1 saturated carbocycles. The Labute approximate surface area is 327 Å². The molecule has 0 bridgehead atoms. The normalized spacial score (nSPS) is 17.6. The predicted octanol–water partition coefficient (Wildman–Crippen LogP) is 6.59. The van der Waals surface area contributed by atoms with Crippen LogP contribution in [0.3, 0.4) is 0 Å². The van der Waals surface area contributed by atoms with Crippen LogP contribution in [0.4, 0.5) is 18.4 Å². The van der Waals surface area contributed by atoms with E-state index in [1.807, 2.05) is 30.3 Å². The van der Waals surface area contributed by atoms with Gasteiger partial charge in [0.2, 0.25) is 0 Å². The maximum absolute atomic E-state index is 15.0. The summed E-state index contributed by atoms with van der Waals surface area (Å²) >= 11 is 0. The molecule has 296 valence electrons. The van der Waals surface area contributed by atoms with Gasteiger partial charge in [-0.1, -0.05) is 96.4 Å². The molecule has 2 aromatic heterocycles. The fourth-order valence-electron chi connectivity index (χ4n) is 7.05. The molecule has 2 aliphatic rings. The Morgan fingerprint density at radius 1 is 0.877 bits per heavy atom. The van der Waals surface area contributed by atoms with Crippen molar-refractivity contribution in [1.82, 2.24) is 40.2 Å². The van der Waals surface area contributed by atoms with E-state index < -0.39 is 29.1 Å². The lowest BCUT2D eigenvalue weighted by atomic mass is 9.91. The highest BCUT2D eigenvalue weighted by atomic mass is 19.1. The summed E-state index contributed by atoms with van der Waals surface area (Å²) in [6.45, 7) is 1.38. The molecule has 3 aromatic carbocycles. The van der Waals surface area contributed by atoms with Crippen LogP contribution in [0.2, 0.25) is 0 Å². The first-order valence-electron chi connectivity index (χ1n) is 18.8. The number of nitrogens with one attached hydrogen (secondary N) is 1. The number of carbonyl (C=O) groups is 2.